The lowest BCUT2D eigenvalue weighted by Crippen LogP contribution is -2.28. The molecule has 0 heterocycles. The Balaban J connectivity index is 2.31. The molecule has 0 amide bonds. The summed E-state index contributed by atoms with van der Waals surface area (Å²) in [4.78, 5) is 2.48. The number of hydrogen-bond donors (Lipinski definition) is 1. The maximum absolute atomic E-state index is 3.87. The van der Waals surface area contributed by atoms with Crippen LogP contribution in [0.2, 0.25) is 0 Å². The molecule has 0 aromatic heterocycles. The summed E-state index contributed by atoms with van der Waals surface area (Å²) in [5.74, 6) is 0. The fourth-order valence-electron chi connectivity index (χ4n) is 2.24. The molecule has 1 atom stereocenters. The first-order valence-corrected chi connectivity index (χ1v) is 6.41. The molecule has 1 aliphatic rings. The third-order valence-electron chi connectivity index (χ3n) is 3.46. The summed E-state index contributed by atoms with van der Waals surface area (Å²) in [6.45, 7) is 7.02. The molecule has 0 spiro atoms. The average Bonchev–Trinajstić information content (AvgIpc) is 3.19. The van der Waals surface area contributed by atoms with Crippen LogP contribution in [0.1, 0.15) is 31.4 Å². The summed E-state index contributed by atoms with van der Waals surface area (Å²) in [5.41, 5.74) is 2.74. The Morgan fingerprint density at radius 2 is 2.18 bits per heavy atom. The number of nitrogens with one attached hydrogen (secondary N) is 1. The number of rotatable bonds is 6. The van der Waals surface area contributed by atoms with Gasteiger partial charge in [-0.3, -0.25) is 0 Å². The van der Waals surface area contributed by atoms with Gasteiger partial charge in [0.15, 0.2) is 0 Å². The molecular formula is C15H22N2. The first kappa shape index (κ1) is 12.2. The molecule has 0 bridgehead atoms. The zero-order valence-electron chi connectivity index (χ0n) is 10.8. The van der Waals surface area contributed by atoms with E-state index in [0.29, 0.717) is 6.04 Å². The van der Waals surface area contributed by atoms with Crippen molar-refractivity contribution in [3.63, 3.8) is 0 Å². The van der Waals surface area contributed by atoms with Gasteiger partial charge in [-0.15, -0.1) is 6.58 Å². The van der Waals surface area contributed by atoms with Gasteiger partial charge in [-0.2, -0.15) is 0 Å². The van der Waals surface area contributed by atoms with Crippen molar-refractivity contribution in [3.05, 3.63) is 42.5 Å². The Bertz CT molecular complexity index is 382. The van der Waals surface area contributed by atoms with Crippen molar-refractivity contribution in [2.24, 2.45) is 0 Å². The fraction of sp³-hybridized carbons (Fsp3) is 0.467. The van der Waals surface area contributed by atoms with Crippen LogP contribution in [0.5, 0.6) is 0 Å². The highest BCUT2D eigenvalue weighted by Crippen LogP contribution is 2.35. The van der Waals surface area contributed by atoms with Gasteiger partial charge < -0.3 is 10.2 Å². The van der Waals surface area contributed by atoms with E-state index in [1.54, 1.807) is 0 Å². The Hall–Kier alpha value is -1.28. The molecule has 2 heteroatoms. The van der Waals surface area contributed by atoms with Crippen molar-refractivity contribution in [1.29, 1.82) is 0 Å². The summed E-state index contributed by atoms with van der Waals surface area (Å²) in [6, 6.07) is 9.79. The summed E-state index contributed by atoms with van der Waals surface area (Å²) < 4.78 is 0. The van der Waals surface area contributed by atoms with Gasteiger partial charge >= 0.3 is 0 Å². The highest BCUT2D eigenvalue weighted by Gasteiger charge is 2.29. The number of anilines is 1. The fourth-order valence-corrected chi connectivity index (χ4v) is 2.24. The van der Waals surface area contributed by atoms with Crippen LogP contribution in [-0.2, 0) is 0 Å². The number of benzene rings is 1. The molecule has 2 nitrogen and oxygen atoms in total. The van der Waals surface area contributed by atoms with E-state index in [-0.39, 0.29) is 0 Å². The van der Waals surface area contributed by atoms with Crippen LogP contribution < -0.4 is 10.2 Å². The predicted octanol–water partition coefficient (Wildman–Crippen LogP) is 3.12. The molecule has 92 valence electrons. The highest BCUT2D eigenvalue weighted by molar-refractivity contribution is 5.57. The van der Waals surface area contributed by atoms with Crippen LogP contribution in [0.25, 0.3) is 0 Å². The van der Waals surface area contributed by atoms with Crippen LogP contribution >= 0.6 is 0 Å². The van der Waals surface area contributed by atoms with E-state index in [0.717, 1.165) is 12.6 Å². The molecule has 0 saturated heterocycles. The smallest absolute Gasteiger partial charge is 0.0419 e. The Kier molecular flexibility index (Phi) is 3.85. The predicted molar refractivity (Wildman–Crippen MR) is 74.5 cm³/mol. The summed E-state index contributed by atoms with van der Waals surface area (Å²) in [7, 11) is 2.01. The second-order valence-electron chi connectivity index (χ2n) is 4.74. The molecule has 2 rings (SSSR count). The molecule has 0 radical (unpaired) electrons. The number of nitrogens with zero attached hydrogens (tertiary/aromatic N) is 1. The molecule has 0 aliphatic heterocycles. The van der Waals surface area contributed by atoms with E-state index in [4.69, 9.17) is 0 Å². The monoisotopic (exact) mass is 230 g/mol. The van der Waals surface area contributed by atoms with Crippen LogP contribution in [-0.4, -0.2) is 19.6 Å². The van der Waals surface area contributed by atoms with Crippen molar-refractivity contribution in [1.82, 2.24) is 5.32 Å². The topological polar surface area (TPSA) is 15.3 Å². The summed E-state index contributed by atoms with van der Waals surface area (Å²) in [5, 5.41) is 3.33. The highest BCUT2D eigenvalue weighted by atomic mass is 15.2. The van der Waals surface area contributed by atoms with Gasteiger partial charge in [-0.1, -0.05) is 24.3 Å². The van der Waals surface area contributed by atoms with Crippen LogP contribution in [0, 0.1) is 0 Å². The lowest BCUT2D eigenvalue weighted by atomic mass is 10.0. The second-order valence-corrected chi connectivity index (χ2v) is 4.74. The molecule has 1 fully saturated rings. The Morgan fingerprint density at radius 1 is 1.47 bits per heavy atom. The van der Waals surface area contributed by atoms with Crippen LogP contribution in [0.3, 0.4) is 0 Å². The number of hydrogen-bond acceptors (Lipinski definition) is 2. The maximum Gasteiger partial charge on any atom is 0.0419 e. The Morgan fingerprint density at radius 3 is 2.76 bits per heavy atom. The lowest BCUT2D eigenvalue weighted by Gasteiger charge is -2.27. The number of para-hydroxylation sites is 1. The minimum atomic E-state index is 0.386. The molecule has 1 unspecified atom stereocenters. The van der Waals surface area contributed by atoms with Gasteiger partial charge in [-0.25, -0.2) is 0 Å². The third-order valence-corrected chi connectivity index (χ3v) is 3.46. The van der Waals surface area contributed by atoms with E-state index in [2.05, 4.69) is 48.0 Å². The molecule has 1 aromatic carbocycles. The van der Waals surface area contributed by atoms with E-state index in [1.807, 2.05) is 13.1 Å². The first-order chi connectivity index (χ1) is 8.27. The van der Waals surface area contributed by atoms with Crippen LogP contribution in [0.15, 0.2) is 36.9 Å². The van der Waals surface area contributed by atoms with E-state index < -0.39 is 0 Å². The molecule has 1 aromatic rings. The summed E-state index contributed by atoms with van der Waals surface area (Å²) in [6.07, 6.45) is 4.63. The third kappa shape index (κ3) is 2.70. The van der Waals surface area contributed by atoms with E-state index in [9.17, 15) is 0 Å². The van der Waals surface area contributed by atoms with Gasteiger partial charge in [0.1, 0.15) is 0 Å². The standard InChI is InChI=1S/C15H22N2/c1-4-11-17(13-9-10-13)15-8-6-5-7-14(15)12(2)16-3/h4-8,12-13,16H,1,9-11H2,2-3H3. The second kappa shape index (κ2) is 5.37. The van der Waals surface area contributed by atoms with Gasteiger partial charge in [-0.05, 0) is 38.4 Å². The maximum atomic E-state index is 3.87. The van der Waals surface area contributed by atoms with Gasteiger partial charge in [0, 0.05) is 24.3 Å². The van der Waals surface area contributed by atoms with Crippen molar-refractivity contribution >= 4 is 5.69 Å². The largest absolute Gasteiger partial charge is 0.365 e. The Labute approximate surface area is 104 Å². The first-order valence-electron chi connectivity index (χ1n) is 6.41. The van der Waals surface area contributed by atoms with E-state index in [1.165, 1.54) is 24.1 Å². The van der Waals surface area contributed by atoms with Crippen molar-refractivity contribution < 1.29 is 0 Å². The SMILES string of the molecule is C=CCN(c1ccccc1C(C)NC)C1CC1. The van der Waals surface area contributed by atoms with Gasteiger partial charge in [0.25, 0.3) is 0 Å². The normalized spacial score (nSPS) is 16.6. The molecule has 1 aliphatic carbocycles. The average molecular weight is 230 g/mol. The summed E-state index contributed by atoms with van der Waals surface area (Å²) >= 11 is 0. The zero-order chi connectivity index (χ0) is 12.3. The molecule has 1 saturated carbocycles. The quantitative estimate of drug-likeness (QED) is 0.755. The van der Waals surface area contributed by atoms with E-state index >= 15 is 0 Å². The minimum Gasteiger partial charge on any atom is -0.365 e. The van der Waals surface area contributed by atoms with Gasteiger partial charge in [0.05, 0.1) is 0 Å². The molecule has 17 heavy (non-hydrogen) atoms. The van der Waals surface area contributed by atoms with Crippen molar-refractivity contribution in [3.8, 4) is 0 Å². The molecular weight excluding hydrogens is 208 g/mol. The zero-order valence-corrected chi connectivity index (χ0v) is 10.8. The van der Waals surface area contributed by atoms with Crippen LogP contribution in [0.4, 0.5) is 5.69 Å². The van der Waals surface area contributed by atoms with Gasteiger partial charge in [0.2, 0.25) is 0 Å². The van der Waals surface area contributed by atoms with Crippen molar-refractivity contribution in [2.75, 3.05) is 18.5 Å². The minimum absolute atomic E-state index is 0.386. The lowest BCUT2D eigenvalue weighted by molar-refractivity contribution is 0.648. The van der Waals surface area contributed by atoms with Crippen molar-refractivity contribution in [2.45, 2.75) is 31.8 Å². The molecule has 1 N–H and O–H groups in total.